The van der Waals surface area contributed by atoms with Crippen LogP contribution in [0.25, 0.3) is 0 Å². The number of hydrogen-bond acceptors (Lipinski definition) is 4. The van der Waals surface area contributed by atoms with E-state index in [0.29, 0.717) is 24.2 Å². The van der Waals surface area contributed by atoms with Crippen LogP contribution in [0.5, 0.6) is 0 Å². The average Bonchev–Trinajstić information content (AvgIpc) is 2.86. The summed E-state index contributed by atoms with van der Waals surface area (Å²) in [5.74, 6) is 0.424. The second-order valence-corrected chi connectivity index (χ2v) is 5.91. The molecule has 0 radical (unpaired) electrons. The number of anilines is 1. The largest absolute Gasteiger partial charge is 0.366 e. The fourth-order valence-corrected chi connectivity index (χ4v) is 3.27. The molecule has 104 valence electrons. The zero-order valence-corrected chi connectivity index (χ0v) is 12.5. The molecule has 0 bridgehead atoms. The fraction of sp³-hybridized carbons (Fsp3) is 0.538. The Morgan fingerprint density at radius 3 is 2.89 bits per heavy atom. The van der Waals surface area contributed by atoms with Crippen LogP contribution < -0.4 is 10.6 Å². The van der Waals surface area contributed by atoms with Gasteiger partial charge in [-0.05, 0) is 37.4 Å². The summed E-state index contributed by atoms with van der Waals surface area (Å²) in [5.41, 5.74) is 6.60. The zero-order valence-electron chi connectivity index (χ0n) is 10.9. The Morgan fingerprint density at radius 2 is 2.26 bits per heavy atom. The molecule has 0 aliphatic heterocycles. The maximum atomic E-state index is 11.2. The van der Waals surface area contributed by atoms with Crippen LogP contribution in [-0.4, -0.2) is 24.6 Å². The first kappa shape index (κ1) is 14.3. The SMILES string of the molecule is CN(c1ccc(Br)cc1[N+](=O)[O-])C1CCCC1CN. The second kappa shape index (κ2) is 5.88. The van der Waals surface area contributed by atoms with Crippen molar-refractivity contribution in [2.24, 2.45) is 11.7 Å². The molecule has 1 aromatic rings. The Labute approximate surface area is 121 Å². The fourth-order valence-electron chi connectivity index (χ4n) is 2.92. The van der Waals surface area contributed by atoms with Gasteiger partial charge < -0.3 is 10.6 Å². The van der Waals surface area contributed by atoms with Gasteiger partial charge in [0.05, 0.1) is 4.92 Å². The van der Waals surface area contributed by atoms with Crippen molar-refractivity contribution in [3.05, 3.63) is 32.8 Å². The number of nitro groups is 1. The molecular weight excluding hydrogens is 310 g/mol. The van der Waals surface area contributed by atoms with Crippen molar-refractivity contribution in [3.63, 3.8) is 0 Å². The van der Waals surface area contributed by atoms with Crippen molar-refractivity contribution >= 4 is 27.3 Å². The second-order valence-electron chi connectivity index (χ2n) is 5.00. The predicted octanol–water partition coefficient (Wildman–Crippen LogP) is 2.92. The Morgan fingerprint density at radius 1 is 1.53 bits per heavy atom. The average molecular weight is 328 g/mol. The number of halogens is 1. The highest BCUT2D eigenvalue weighted by molar-refractivity contribution is 9.10. The minimum atomic E-state index is -0.330. The Kier molecular flexibility index (Phi) is 4.42. The zero-order chi connectivity index (χ0) is 14.0. The third kappa shape index (κ3) is 2.90. The van der Waals surface area contributed by atoms with Crippen LogP contribution >= 0.6 is 15.9 Å². The summed E-state index contributed by atoms with van der Waals surface area (Å²) >= 11 is 3.28. The molecule has 2 unspecified atom stereocenters. The van der Waals surface area contributed by atoms with Gasteiger partial charge in [0, 0.05) is 23.6 Å². The molecule has 1 aromatic carbocycles. The van der Waals surface area contributed by atoms with Crippen molar-refractivity contribution in [3.8, 4) is 0 Å². The lowest BCUT2D eigenvalue weighted by atomic mass is 10.0. The third-order valence-electron chi connectivity index (χ3n) is 3.93. The number of hydrogen-bond donors (Lipinski definition) is 1. The van der Waals surface area contributed by atoms with Gasteiger partial charge in [-0.25, -0.2) is 0 Å². The van der Waals surface area contributed by atoms with E-state index in [1.165, 1.54) is 0 Å². The van der Waals surface area contributed by atoms with E-state index in [-0.39, 0.29) is 10.6 Å². The van der Waals surface area contributed by atoms with E-state index in [4.69, 9.17) is 5.73 Å². The first-order chi connectivity index (χ1) is 9.04. The van der Waals surface area contributed by atoms with Gasteiger partial charge in [0.2, 0.25) is 0 Å². The van der Waals surface area contributed by atoms with E-state index in [9.17, 15) is 10.1 Å². The van der Waals surface area contributed by atoms with Gasteiger partial charge in [0.1, 0.15) is 5.69 Å². The van der Waals surface area contributed by atoms with E-state index >= 15 is 0 Å². The van der Waals surface area contributed by atoms with Crippen LogP contribution in [0, 0.1) is 16.0 Å². The maximum absolute atomic E-state index is 11.2. The molecule has 5 nitrogen and oxygen atoms in total. The number of rotatable bonds is 4. The van der Waals surface area contributed by atoms with Crippen molar-refractivity contribution in [2.75, 3.05) is 18.5 Å². The summed E-state index contributed by atoms with van der Waals surface area (Å²) in [4.78, 5) is 12.9. The highest BCUT2D eigenvalue weighted by Crippen LogP contribution is 2.36. The van der Waals surface area contributed by atoms with E-state index < -0.39 is 0 Å². The lowest BCUT2D eigenvalue weighted by molar-refractivity contribution is -0.384. The normalized spacial score (nSPS) is 22.5. The van der Waals surface area contributed by atoms with Crippen LogP contribution in [0.2, 0.25) is 0 Å². The smallest absolute Gasteiger partial charge is 0.293 e. The van der Waals surface area contributed by atoms with Crippen LogP contribution in [-0.2, 0) is 0 Å². The maximum Gasteiger partial charge on any atom is 0.293 e. The first-order valence-electron chi connectivity index (χ1n) is 6.41. The molecule has 1 fully saturated rings. The summed E-state index contributed by atoms with van der Waals surface area (Å²) in [7, 11) is 1.93. The van der Waals surface area contributed by atoms with E-state index in [1.54, 1.807) is 12.1 Å². The van der Waals surface area contributed by atoms with Gasteiger partial charge in [-0.2, -0.15) is 0 Å². The van der Waals surface area contributed by atoms with Crippen molar-refractivity contribution in [2.45, 2.75) is 25.3 Å². The van der Waals surface area contributed by atoms with Crippen LogP contribution in [0.1, 0.15) is 19.3 Å². The number of nitro benzene ring substituents is 1. The summed E-state index contributed by atoms with van der Waals surface area (Å²) in [6.07, 6.45) is 3.29. The molecular formula is C13H18BrN3O2. The van der Waals surface area contributed by atoms with Crippen LogP contribution in [0.4, 0.5) is 11.4 Å². The van der Waals surface area contributed by atoms with Gasteiger partial charge in [-0.1, -0.05) is 22.4 Å². The molecule has 2 atom stereocenters. The van der Waals surface area contributed by atoms with Crippen molar-refractivity contribution in [1.82, 2.24) is 0 Å². The van der Waals surface area contributed by atoms with E-state index in [2.05, 4.69) is 15.9 Å². The monoisotopic (exact) mass is 327 g/mol. The Hall–Kier alpha value is -1.14. The lowest BCUT2D eigenvalue weighted by Gasteiger charge is -2.30. The summed E-state index contributed by atoms with van der Waals surface area (Å²) in [5, 5.41) is 11.2. The molecule has 1 aliphatic carbocycles. The molecule has 19 heavy (non-hydrogen) atoms. The van der Waals surface area contributed by atoms with E-state index in [1.807, 2.05) is 18.0 Å². The van der Waals surface area contributed by atoms with Crippen LogP contribution in [0.3, 0.4) is 0 Å². The predicted molar refractivity (Wildman–Crippen MR) is 79.4 cm³/mol. The Bertz CT molecular complexity index is 481. The topological polar surface area (TPSA) is 72.4 Å². The minimum absolute atomic E-state index is 0.138. The Balaban J connectivity index is 2.33. The third-order valence-corrected chi connectivity index (χ3v) is 4.43. The number of nitrogens with zero attached hydrogens (tertiary/aromatic N) is 2. The number of benzene rings is 1. The van der Waals surface area contributed by atoms with E-state index in [0.717, 1.165) is 23.7 Å². The van der Waals surface area contributed by atoms with Gasteiger partial charge in [0.25, 0.3) is 5.69 Å². The van der Waals surface area contributed by atoms with Crippen LogP contribution in [0.15, 0.2) is 22.7 Å². The molecule has 6 heteroatoms. The van der Waals surface area contributed by atoms with Gasteiger partial charge >= 0.3 is 0 Å². The summed E-state index contributed by atoms with van der Waals surface area (Å²) in [6, 6.07) is 5.49. The highest BCUT2D eigenvalue weighted by atomic mass is 79.9. The molecule has 0 saturated heterocycles. The first-order valence-corrected chi connectivity index (χ1v) is 7.20. The minimum Gasteiger partial charge on any atom is -0.366 e. The highest BCUT2D eigenvalue weighted by Gasteiger charge is 2.32. The van der Waals surface area contributed by atoms with Crippen molar-refractivity contribution < 1.29 is 4.92 Å². The molecule has 1 saturated carbocycles. The van der Waals surface area contributed by atoms with Gasteiger partial charge in [-0.3, -0.25) is 10.1 Å². The van der Waals surface area contributed by atoms with Gasteiger partial charge in [-0.15, -0.1) is 0 Å². The quantitative estimate of drug-likeness (QED) is 0.681. The standard InChI is InChI=1S/C13H18BrN3O2/c1-16(11-4-2-3-9(11)8-15)12-6-5-10(14)7-13(12)17(18)19/h5-7,9,11H,2-4,8,15H2,1H3. The van der Waals surface area contributed by atoms with Gasteiger partial charge in [0.15, 0.2) is 0 Å². The molecule has 1 aliphatic rings. The molecule has 0 spiro atoms. The van der Waals surface area contributed by atoms with Crippen molar-refractivity contribution in [1.29, 1.82) is 0 Å². The number of nitrogens with two attached hydrogens (primary N) is 1. The molecule has 0 aromatic heterocycles. The lowest BCUT2D eigenvalue weighted by Crippen LogP contribution is -2.38. The molecule has 2 N–H and O–H groups in total. The molecule has 0 amide bonds. The summed E-state index contributed by atoms with van der Waals surface area (Å²) < 4.78 is 0.721. The molecule has 0 heterocycles. The molecule has 2 rings (SSSR count). The summed E-state index contributed by atoms with van der Waals surface area (Å²) in [6.45, 7) is 0.638.